The Hall–Kier alpha value is -3.12. The number of nitrogens with zero attached hydrogens (tertiary/aromatic N) is 1. The Morgan fingerprint density at radius 1 is 0.882 bits per heavy atom. The van der Waals surface area contributed by atoms with E-state index < -0.39 is 10.0 Å². The average Bonchev–Trinajstić information content (AvgIpc) is 2.79. The molecule has 0 radical (unpaired) electrons. The van der Waals surface area contributed by atoms with Crippen molar-refractivity contribution in [3.05, 3.63) is 95.1 Å². The first-order chi connectivity index (χ1) is 16.1. The molecule has 1 amide bonds. The van der Waals surface area contributed by atoms with Gasteiger partial charge in [-0.1, -0.05) is 67.9 Å². The minimum atomic E-state index is -3.95. The lowest BCUT2D eigenvalue weighted by Crippen LogP contribution is -2.42. The zero-order valence-corrected chi connectivity index (χ0v) is 21.4. The van der Waals surface area contributed by atoms with E-state index in [4.69, 9.17) is 0 Å². The molecule has 0 aliphatic heterocycles. The zero-order valence-electron chi connectivity index (χ0n) is 20.6. The molecule has 0 aliphatic carbocycles. The Kier molecular flexibility index (Phi) is 8.15. The van der Waals surface area contributed by atoms with Crippen LogP contribution >= 0.6 is 0 Å². The maximum absolute atomic E-state index is 13.7. The van der Waals surface area contributed by atoms with E-state index in [0.29, 0.717) is 11.6 Å². The van der Waals surface area contributed by atoms with Crippen LogP contribution in [0.3, 0.4) is 0 Å². The van der Waals surface area contributed by atoms with Gasteiger partial charge in [-0.3, -0.25) is 9.10 Å². The lowest BCUT2D eigenvalue weighted by atomic mass is 9.97. The van der Waals surface area contributed by atoms with Crippen molar-refractivity contribution in [2.24, 2.45) is 5.92 Å². The summed E-state index contributed by atoms with van der Waals surface area (Å²) in [6, 6.07) is 21.7. The molecule has 0 fully saturated rings. The van der Waals surface area contributed by atoms with E-state index in [2.05, 4.69) is 19.2 Å². The van der Waals surface area contributed by atoms with E-state index in [9.17, 15) is 13.2 Å². The van der Waals surface area contributed by atoms with E-state index in [1.165, 1.54) is 4.31 Å². The standard InChI is InChI=1S/C28H34N2O3S/c1-20(2)17-27(24-9-7-6-8-10-24)29-28(31)19-30(25-14-13-22(4)23(5)18-25)34(32,33)26-15-11-21(3)12-16-26/h6-16,18,20,27H,17,19H2,1-5H3,(H,29,31)/t27-/m0/s1. The molecule has 0 bridgehead atoms. The molecule has 5 nitrogen and oxygen atoms in total. The highest BCUT2D eigenvalue weighted by Gasteiger charge is 2.28. The van der Waals surface area contributed by atoms with Gasteiger partial charge in [-0.2, -0.15) is 0 Å². The number of anilines is 1. The second kappa shape index (κ2) is 10.9. The smallest absolute Gasteiger partial charge is 0.264 e. The molecule has 0 spiro atoms. The van der Waals surface area contributed by atoms with Gasteiger partial charge in [-0.05, 0) is 74.1 Å². The van der Waals surface area contributed by atoms with Gasteiger partial charge >= 0.3 is 0 Å². The summed E-state index contributed by atoms with van der Waals surface area (Å²) < 4.78 is 28.5. The first-order valence-corrected chi connectivity index (χ1v) is 13.0. The minimum absolute atomic E-state index is 0.158. The van der Waals surface area contributed by atoms with E-state index in [1.54, 1.807) is 30.3 Å². The normalized spacial score (nSPS) is 12.4. The van der Waals surface area contributed by atoms with E-state index in [-0.39, 0.29) is 23.4 Å². The molecule has 0 saturated carbocycles. The Morgan fingerprint density at radius 3 is 2.12 bits per heavy atom. The third-order valence-corrected chi connectivity index (χ3v) is 7.71. The molecule has 0 aliphatic rings. The molecule has 0 heterocycles. The zero-order chi connectivity index (χ0) is 24.9. The van der Waals surface area contributed by atoms with Gasteiger partial charge in [0.1, 0.15) is 6.54 Å². The fraction of sp³-hybridized carbons (Fsp3) is 0.321. The van der Waals surface area contributed by atoms with Crippen LogP contribution in [0.25, 0.3) is 0 Å². The monoisotopic (exact) mass is 478 g/mol. The van der Waals surface area contributed by atoms with Crippen molar-refractivity contribution in [2.75, 3.05) is 10.8 Å². The van der Waals surface area contributed by atoms with Gasteiger partial charge in [0.15, 0.2) is 0 Å². The van der Waals surface area contributed by atoms with Gasteiger partial charge < -0.3 is 5.32 Å². The van der Waals surface area contributed by atoms with E-state index in [0.717, 1.165) is 28.7 Å². The van der Waals surface area contributed by atoms with E-state index in [1.807, 2.05) is 63.2 Å². The van der Waals surface area contributed by atoms with Crippen molar-refractivity contribution in [3.63, 3.8) is 0 Å². The lowest BCUT2D eigenvalue weighted by Gasteiger charge is -2.27. The van der Waals surface area contributed by atoms with Crippen molar-refractivity contribution in [2.45, 2.75) is 52.0 Å². The van der Waals surface area contributed by atoms with Crippen molar-refractivity contribution in [1.29, 1.82) is 0 Å². The predicted octanol–water partition coefficient (Wildman–Crippen LogP) is 5.71. The van der Waals surface area contributed by atoms with Crippen LogP contribution in [-0.4, -0.2) is 20.9 Å². The highest BCUT2D eigenvalue weighted by Crippen LogP contribution is 2.27. The summed E-state index contributed by atoms with van der Waals surface area (Å²) in [4.78, 5) is 13.4. The molecule has 3 aromatic carbocycles. The summed E-state index contributed by atoms with van der Waals surface area (Å²) in [5, 5.41) is 3.08. The Labute approximate surface area is 203 Å². The lowest BCUT2D eigenvalue weighted by molar-refractivity contribution is -0.120. The van der Waals surface area contributed by atoms with Crippen LogP contribution in [0, 0.1) is 26.7 Å². The van der Waals surface area contributed by atoms with E-state index >= 15 is 0 Å². The van der Waals surface area contributed by atoms with Crippen LogP contribution < -0.4 is 9.62 Å². The molecule has 34 heavy (non-hydrogen) atoms. The van der Waals surface area contributed by atoms with Gasteiger partial charge in [-0.15, -0.1) is 0 Å². The average molecular weight is 479 g/mol. The Morgan fingerprint density at radius 2 is 1.53 bits per heavy atom. The molecule has 0 unspecified atom stereocenters. The number of aryl methyl sites for hydroxylation is 3. The summed E-state index contributed by atoms with van der Waals surface area (Å²) in [5.41, 5.74) is 4.46. The molecule has 6 heteroatoms. The van der Waals surface area contributed by atoms with Gasteiger partial charge in [0.05, 0.1) is 16.6 Å². The van der Waals surface area contributed by atoms with Crippen LogP contribution in [-0.2, 0) is 14.8 Å². The number of benzene rings is 3. The van der Waals surface area contributed by atoms with Crippen molar-refractivity contribution in [3.8, 4) is 0 Å². The Balaban J connectivity index is 1.95. The van der Waals surface area contributed by atoms with Crippen LogP contribution in [0.15, 0.2) is 77.7 Å². The summed E-state index contributed by atoms with van der Waals surface area (Å²) >= 11 is 0. The number of rotatable bonds is 9. The van der Waals surface area contributed by atoms with Crippen molar-refractivity contribution >= 4 is 21.6 Å². The first kappa shape index (κ1) is 25.5. The molecule has 1 atom stereocenters. The Bertz CT molecular complexity index is 1220. The second-order valence-corrected chi connectivity index (χ2v) is 11.1. The molecule has 0 saturated heterocycles. The van der Waals surface area contributed by atoms with Crippen molar-refractivity contribution in [1.82, 2.24) is 5.32 Å². The summed E-state index contributed by atoms with van der Waals surface area (Å²) in [6.45, 7) is 9.71. The van der Waals surface area contributed by atoms with Gasteiger partial charge in [0, 0.05) is 0 Å². The summed E-state index contributed by atoms with van der Waals surface area (Å²) in [7, 11) is -3.95. The number of amides is 1. The van der Waals surface area contributed by atoms with Crippen molar-refractivity contribution < 1.29 is 13.2 Å². The number of carbonyl (C=O) groups is 1. The van der Waals surface area contributed by atoms with Crippen LogP contribution in [0.5, 0.6) is 0 Å². The fourth-order valence-electron chi connectivity index (χ4n) is 3.84. The highest BCUT2D eigenvalue weighted by molar-refractivity contribution is 7.92. The van der Waals surface area contributed by atoms with Gasteiger partial charge in [0.2, 0.25) is 5.91 Å². The summed E-state index contributed by atoms with van der Waals surface area (Å²) in [5.74, 6) is 0.0149. The SMILES string of the molecule is Cc1ccc(S(=O)(=O)N(CC(=O)N[C@@H](CC(C)C)c2ccccc2)c2ccc(C)c(C)c2)cc1. The van der Waals surface area contributed by atoms with Crippen LogP contribution in [0.4, 0.5) is 5.69 Å². The number of hydrogen-bond donors (Lipinski definition) is 1. The quantitative estimate of drug-likeness (QED) is 0.428. The summed E-state index contributed by atoms with van der Waals surface area (Å²) in [6.07, 6.45) is 0.754. The molecule has 1 N–H and O–H groups in total. The van der Waals surface area contributed by atoms with Gasteiger partial charge in [-0.25, -0.2) is 8.42 Å². The molecule has 3 aromatic rings. The minimum Gasteiger partial charge on any atom is -0.348 e. The maximum atomic E-state index is 13.7. The number of carbonyl (C=O) groups excluding carboxylic acids is 1. The van der Waals surface area contributed by atoms with Gasteiger partial charge in [0.25, 0.3) is 10.0 Å². The molecule has 0 aromatic heterocycles. The number of nitrogens with one attached hydrogen (secondary N) is 1. The topological polar surface area (TPSA) is 66.5 Å². The van der Waals surface area contributed by atoms with Crippen LogP contribution in [0.2, 0.25) is 0 Å². The maximum Gasteiger partial charge on any atom is 0.264 e. The highest BCUT2D eigenvalue weighted by atomic mass is 32.2. The number of hydrogen-bond acceptors (Lipinski definition) is 3. The van der Waals surface area contributed by atoms with Crippen LogP contribution in [0.1, 0.15) is 48.6 Å². The molecule has 180 valence electrons. The molecular weight excluding hydrogens is 444 g/mol. The third kappa shape index (κ3) is 6.26. The first-order valence-electron chi connectivity index (χ1n) is 11.6. The molecular formula is C28H34N2O3S. The molecule has 3 rings (SSSR count). The fourth-order valence-corrected chi connectivity index (χ4v) is 5.25. The predicted molar refractivity (Wildman–Crippen MR) is 138 cm³/mol. The largest absolute Gasteiger partial charge is 0.348 e. The third-order valence-electron chi connectivity index (χ3n) is 5.92. The second-order valence-electron chi connectivity index (χ2n) is 9.25. The number of sulfonamides is 1.